The van der Waals surface area contributed by atoms with Gasteiger partial charge in [0.05, 0.1) is 5.75 Å². The molecule has 0 saturated heterocycles. The van der Waals surface area contributed by atoms with E-state index in [0.717, 1.165) is 13.1 Å². The largest absolute Gasteiger partial charge is 0.368 e. The lowest BCUT2D eigenvalue weighted by Crippen LogP contribution is -2.38. The van der Waals surface area contributed by atoms with Crippen molar-refractivity contribution >= 4 is 29.6 Å². The number of nitrogens with two attached hydrogens (primary N) is 2. The van der Waals surface area contributed by atoms with Crippen LogP contribution in [0.15, 0.2) is 5.16 Å². The van der Waals surface area contributed by atoms with Gasteiger partial charge in [0.1, 0.15) is 0 Å². The summed E-state index contributed by atoms with van der Waals surface area (Å²) in [5.74, 6) is 1.34. The minimum Gasteiger partial charge on any atom is -0.368 e. The van der Waals surface area contributed by atoms with E-state index in [1.54, 1.807) is 0 Å². The first-order chi connectivity index (χ1) is 9.77. The van der Waals surface area contributed by atoms with Crippen LogP contribution in [0, 0.1) is 11.8 Å². The van der Waals surface area contributed by atoms with Gasteiger partial charge in [-0.2, -0.15) is 15.0 Å². The van der Waals surface area contributed by atoms with Gasteiger partial charge in [0.25, 0.3) is 0 Å². The molecule has 0 bridgehead atoms. The highest BCUT2D eigenvalue weighted by atomic mass is 32.2. The Hall–Kier alpha value is -1.57. The molecular weight excluding hydrogens is 288 g/mol. The van der Waals surface area contributed by atoms with Gasteiger partial charge in [0.2, 0.25) is 17.8 Å². The number of aromatic nitrogens is 3. The Labute approximate surface area is 129 Å². The Morgan fingerprint density at radius 3 is 1.95 bits per heavy atom. The molecular formula is C13H24N6OS. The molecule has 1 aromatic rings. The van der Waals surface area contributed by atoms with Gasteiger partial charge in [-0.05, 0) is 11.8 Å². The summed E-state index contributed by atoms with van der Waals surface area (Å²) in [5, 5.41) is 0.377. The molecule has 0 fully saturated rings. The van der Waals surface area contributed by atoms with Gasteiger partial charge < -0.3 is 16.4 Å². The Morgan fingerprint density at radius 2 is 1.52 bits per heavy atom. The van der Waals surface area contributed by atoms with Crippen molar-refractivity contribution in [2.45, 2.75) is 32.9 Å². The van der Waals surface area contributed by atoms with E-state index < -0.39 is 0 Å². The molecule has 0 atom stereocenters. The minimum absolute atomic E-state index is 0.0682. The van der Waals surface area contributed by atoms with E-state index in [-0.39, 0.29) is 23.6 Å². The number of nitrogens with zero attached hydrogens (tertiary/aromatic N) is 4. The normalized spacial score (nSPS) is 11.1. The summed E-state index contributed by atoms with van der Waals surface area (Å²) in [5.41, 5.74) is 11.0. The molecule has 0 aliphatic heterocycles. The topological polar surface area (TPSA) is 111 Å². The monoisotopic (exact) mass is 312 g/mol. The summed E-state index contributed by atoms with van der Waals surface area (Å²) in [6, 6.07) is 0. The molecule has 0 aliphatic carbocycles. The second kappa shape index (κ2) is 8.02. The fraction of sp³-hybridized carbons (Fsp3) is 0.692. The van der Waals surface area contributed by atoms with Gasteiger partial charge >= 0.3 is 0 Å². The van der Waals surface area contributed by atoms with Crippen LogP contribution in [0.2, 0.25) is 0 Å². The minimum atomic E-state index is 0.0682. The van der Waals surface area contributed by atoms with Crippen LogP contribution in [0.4, 0.5) is 11.9 Å². The van der Waals surface area contributed by atoms with Gasteiger partial charge in [0.15, 0.2) is 5.16 Å². The van der Waals surface area contributed by atoms with Crippen LogP contribution in [-0.2, 0) is 4.79 Å². The predicted molar refractivity (Wildman–Crippen MR) is 85.6 cm³/mol. The molecule has 0 aromatic carbocycles. The lowest BCUT2D eigenvalue weighted by molar-refractivity contribution is -0.129. The van der Waals surface area contributed by atoms with Gasteiger partial charge in [0, 0.05) is 13.1 Å². The molecule has 0 aliphatic rings. The maximum atomic E-state index is 12.3. The third-order valence-corrected chi connectivity index (χ3v) is 3.33. The van der Waals surface area contributed by atoms with Crippen molar-refractivity contribution in [3.63, 3.8) is 0 Å². The smallest absolute Gasteiger partial charge is 0.233 e. The number of carbonyl (C=O) groups is 1. The van der Waals surface area contributed by atoms with Crippen molar-refractivity contribution in [1.82, 2.24) is 19.9 Å². The highest BCUT2D eigenvalue weighted by Gasteiger charge is 2.17. The molecule has 4 N–H and O–H groups in total. The molecule has 1 heterocycles. The summed E-state index contributed by atoms with van der Waals surface area (Å²) in [7, 11) is 0. The number of rotatable bonds is 7. The molecule has 7 nitrogen and oxygen atoms in total. The standard InChI is InChI=1S/C13H24N6OS/c1-8(2)5-19(6-9(3)4)10(20)7-21-13-17-11(14)16-12(15)18-13/h8-9H,5-7H2,1-4H3,(H4,14,15,16,17,18). The summed E-state index contributed by atoms with van der Waals surface area (Å²) >= 11 is 1.23. The van der Waals surface area contributed by atoms with Crippen LogP contribution in [0.5, 0.6) is 0 Å². The van der Waals surface area contributed by atoms with Crippen LogP contribution in [-0.4, -0.2) is 44.6 Å². The molecule has 1 rings (SSSR count). The van der Waals surface area contributed by atoms with Crippen LogP contribution in [0.1, 0.15) is 27.7 Å². The number of hydrogen-bond acceptors (Lipinski definition) is 7. The van der Waals surface area contributed by atoms with Gasteiger partial charge in [-0.3, -0.25) is 4.79 Å². The van der Waals surface area contributed by atoms with Crippen molar-refractivity contribution in [2.75, 3.05) is 30.3 Å². The fourth-order valence-electron chi connectivity index (χ4n) is 1.83. The highest BCUT2D eigenvalue weighted by molar-refractivity contribution is 7.99. The zero-order valence-electron chi connectivity index (χ0n) is 13.0. The molecule has 1 aromatic heterocycles. The molecule has 0 unspecified atom stereocenters. The van der Waals surface area contributed by atoms with Crippen molar-refractivity contribution in [1.29, 1.82) is 0 Å². The number of amides is 1. The van der Waals surface area contributed by atoms with Crippen molar-refractivity contribution < 1.29 is 4.79 Å². The maximum Gasteiger partial charge on any atom is 0.233 e. The Morgan fingerprint density at radius 1 is 1.05 bits per heavy atom. The molecule has 1 amide bonds. The number of hydrogen-bond donors (Lipinski definition) is 2. The Balaban J connectivity index is 2.63. The van der Waals surface area contributed by atoms with Crippen molar-refractivity contribution in [3.8, 4) is 0 Å². The van der Waals surface area contributed by atoms with Crippen LogP contribution in [0.25, 0.3) is 0 Å². The molecule has 118 valence electrons. The second-order valence-electron chi connectivity index (χ2n) is 5.71. The second-order valence-corrected chi connectivity index (χ2v) is 6.65. The third kappa shape index (κ3) is 6.61. The van der Waals surface area contributed by atoms with E-state index in [1.165, 1.54) is 11.8 Å². The molecule has 0 saturated carbocycles. The number of nitrogen functional groups attached to an aromatic ring is 2. The van der Waals surface area contributed by atoms with E-state index in [2.05, 4.69) is 42.6 Å². The van der Waals surface area contributed by atoms with Gasteiger partial charge in [-0.25, -0.2) is 0 Å². The van der Waals surface area contributed by atoms with Gasteiger partial charge in [-0.15, -0.1) is 0 Å². The zero-order valence-corrected chi connectivity index (χ0v) is 13.9. The van der Waals surface area contributed by atoms with Crippen molar-refractivity contribution in [3.05, 3.63) is 0 Å². The first-order valence-electron chi connectivity index (χ1n) is 6.95. The average molecular weight is 312 g/mol. The summed E-state index contributed by atoms with van der Waals surface area (Å²) < 4.78 is 0. The SMILES string of the molecule is CC(C)CN(CC(C)C)C(=O)CSc1nc(N)nc(N)n1. The average Bonchev–Trinajstić information content (AvgIpc) is 2.32. The van der Waals surface area contributed by atoms with E-state index >= 15 is 0 Å². The lowest BCUT2D eigenvalue weighted by Gasteiger charge is -2.26. The first kappa shape index (κ1) is 17.5. The predicted octanol–water partition coefficient (Wildman–Crippen LogP) is 1.27. The Kier molecular flexibility index (Phi) is 6.67. The van der Waals surface area contributed by atoms with Crippen LogP contribution in [0.3, 0.4) is 0 Å². The van der Waals surface area contributed by atoms with Crippen molar-refractivity contribution in [2.24, 2.45) is 11.8 Å². The third-order valence-electron chi connectivity index (χ3n) is 2.50. The van der Waals surface area contributed by atoms with E-state index in [0.29, 0.717) is 17.0 Å². The summed E-state index contributed by atoms with van der Waals surface area (Å²) in [6.07, 6.45) is 0. The van der Waals surface area contributed by atoms with Gasteiger partial charge in [-0.1, -0.05) is 39.5 Å². The molecule has 21 heavy (non-hydrogen) atoms. The van der Waals surface area contributed by atoms with Crippen LogP contribution < -0.4 is 11.5 Å². The lowest BCUT2D eigenvalue weighted by atomic mass is 10.1. The molecule has 8 heteroatoms. The molecule has 0 spiro atoms. The summed E-state index contributed by atoms with van der Waals surface area (Å²) in [6.45, 7) is 9.89. The van der Waals surface area contributed by atoms with E-state index in [4.69, 9.17) is 11.5 Å². The summed E-state index contributed by atoms with van der Waals surface area (Å²) in [4.78, 5) is 25.8. The van der Waals surface area contributed by atoms with E-state index in [1.807, 2.05) is 4.90 Å². The quantitative estimate of drug-likeness (QED) is 0.729. The number of thioether (sulfide) groups is 1. The first-order valence-corrected chi connectivity index (χ1v) is 7.94. The Bertz CT molecular complexity index is 449. The molecule has 0 radical (unpaired) electrons. The number of carbonyl (C=O) groups excluding carboxylic acids is 1. The van der Waals surface area contributed by atoms with E-state index in [9.17, 15) is 4.79 Å². The highest BCUT2D eigenvalue weighted by Crippen LogP contribution is 2.16. The zero-order chi connectivity index (χ0) is 16.0. The maximum absolute atomic E-state index is 12.3. The fourth-order valence-corrected chi connectivity index (χ4v) is 2.58. The number of anilines is 2. The van der Waals surface area contributed by atoms with Crippen LogP contribution >= 0.6 is 11.8 Å².